The van der Waals surface area contributed by atoms with Crippen LogP contribution in [0.5, 0.6) is 0 Å². The Morgan fingerprint density at radius 3 is 2.27 bits per heavy atom. The summed E-state index contributed by atoms with van der Waals surface area (Å²) < 4.78 is 25.5. The highest BCUT2D eigenvalue weighted by Gasteiger charge is 2.50. The molecule has 160 valence electrons. The fourth-order valence-electron chi connectivity index (χ4n) is 3.85. The predicted molar refractivity (Wildman–Crippen MR) is 117 cm³/mol. The van der Waals surface area contributed by atoms with E-state index < -0.39 is 27.4 Å². The summed E-state index contributed by atoms with van der Waals surface area (Å²) in [5.74, 6) is -0.846. The Morgan fingerprint density at radius 1 is 1.10 bits per heavy atom. The topological polar surface area (TPSA) is 86.8 Å². The van der Waals surface area contributed by atoms with Crippen LogP contribution in [0.3, 0.4) is 0 Å². The number of carbonyl (C=O) groups is 2. The fraction of sp³-hybridized carbons (Fsp3) is 0.364. The molecule has 7 nitrogen and oxygen atoms in total. The maximum absolute atomic E-state index is 13.3. The van der Waals surface area contributed by atoms with Gasteiger partial charge in [0.2, 0.25) is 21.8 Å². The van der Waals surface area contributed by atoms with E-state index in [1.165, 1.54) is 4.90 Å². The number of hydrogen-bond donors (Lipinski definition) is 1. The van der Waals surface area contributed by atoms with Crippen molar-refractivity contribution in [3.63, 3.8) is 0 Å². The first kappa shape index (κ1) is 22.0. The van der Waals surface area contributed by atoms with Gasteiger partial charge in [-0.2, -0.15) is 4.31 Å². The van der Waals surface area contributed by atoms with Crippen LogP contribution in [0.15, 0.2) is 48.5 Å². The number of carbonyl (C=O) groups excluding carboxylic acids is 2. The number of anilines is 1. The predicted octanol–water partition coefficient (Wildman–Crippen LogP) is 1.99. The third-order valence-corrected chi connectivity index (χ3v) is 6.45. The van der Waals surface area contributed by atoms with Gasteiger partial charge in [-0.15, -0.1) is 0 Å². The van der Waals surface area contributed by atoms with Crippen molar-refractivity contribution in [2.75, 3.05) is 24.2 Å². The summed E-state index contributed by atoms with van der Waals surface area (Å²) in [6, 6.07) is 15.1. The van der Waals surface area contributed by atoms with Crippen LogP contribution in [-0.4, -0.2) is 49.4 Å². The van der Waals surface area contributed by atoms with Crippen LogP contribution in [0.1, 0.15) is 23.6 Å². The smallest absolute Gasteiger partial charge is 0.247 e. The van der Waals surface area contributed by atoms with Crippen LogP contribution in [0.2, 0.25) is 0 Å². The van der Waals surface area contributed by atoms with Crippen molar-refractivity contribution < 1.29 is 18.0 Å². The lowest BCUT2D eigenvalue weighted by Crippen LogP contribution is -2.70. The molecule has 0 aromatic heterocycles. The largest absolute Gasteiger partial charge is 0.350 e. The second-order valence-electron chi connectivity index (χ2n) is 8.05. The molecule has 1 saturated heterocycles. The molecule has 3 rings (SSSR count). The SMILES string of the molecule is Cc1cc(C)cc(N2C(=O)CN(S(C)(=O)=O)C[C@@]2(C)C(=O)NCc2ccccc2)c1. The zero-order valence-electron chi connectivity index (χ0n) is 17.7. The van der Waals surface area contributed by atoms with Crippen LogP contribution in [-0.2, 0) is 26.2 Å². The summed E-state index contributed by atoms with van der Waals surface area (Å²) in [5.41, 5.74) is 2.01. The molecule has 1 N–H and O–H groups in total. The highest BCUT2D eigenvalue weighted by molar-refractivity contribution is 7.88. The van der Waals surface area contributed by atoms with E-state index in [0.717, 1.165) is 27.3 Å². The summed E-state index contributed by atoms with van der Waals surface area (Å²) in [5, 5.41) is 2.88. The van der Waals surface area contributed by atoms with E-state index in [0.29, 0.717) is 5.69 Å². The van der Waals surface area contributed by atoms with Gasteiger partial charge in [0.1, 0.15) is 5.54 Å². The van der Waals surface area contributed by atoms with Crippen molar-refractivity contribution in [3.05, 3.63) is 65.2 Å². The quantitative estimate of drug-likeness (QED) is 0.788. The zero-order chi connectivity index (χ0) is 22.1. The molecule has 2 amide bonds. The second kappa shape index (κ2) is 8.20. The Bertz CT molecular complexity index is 1050. The number of benzene rings is 2. The summed E-state index contributed by atoms with van der Waals surface area (Å²) in [6.07, 6.45) is 1.05. The minimum Gasteiger partial charge on any atom is -0.350 e. The van der Waals surface area contributed by atoms with Gasteiger partial charge in [0.15, 0.2) is 0 Å². The van der Waals surface area contributed by atoms with E-state index in [2.05, 4.69) is 5.32 Å². The Kier molecular flexibility index (Phi) is 6.01. The monoisotopic (exact) mass is 429 g/mol. The minimum absolute atomic E-state index is 0.120. The van der Waals surface area contributed by atoms with Gasteiger partial charge in [0.05, 0.1) is 12.8 Å². The second-order valence-corrected chi connectivity index (χ2v) is 10.0. The molecule has 0 aliphatic carbocycles. The van der Waals surface area contributed by atoms with E-state index >= 15 is 0 Å². The Hall–Kier alpha value is -2.71. The maximum Gasteiger partial charge on any atom is 0.247 e. The number of aryl methyl sites for hydroxylation is 2. The van der Waals surface area contributed by atoms with E-state index in [9.17, 15) is 18.0 Å². The lowest BCUT2D eigenvalue weighted by Gasteiger charge is -2.46. The van der Waals surface area contributed by atoms with Crippen LogP contribution in [0, 0.1) is 13.8 Å². The standard InChI is InChI=1S/C22H27N3O4S/c1-16-10-17(2)12-19(11-16)25-20(26)14-24(30(4,28)29)15-22(25,3)21(27)23-13-18-8-6-5-7-9-18/h5-12H,13-15H2,1-4H3,(H,23,27)/t22-/m0/s1. The molecule has 1 fully saturated rings. The third-order valence-electron chi connectivity index (χ3n) is 5.26. The summed E-state index contributed by atoms with van der Waals surface area (Å²) >= 11 is 0. The molecule has 2 aromatic carbocycles. The molecule has 0 saturated carbocycles. The van der Waals surface area contributed by atoms with Crippen LogP contribution in [0.25, 0.3) is 0 Å². The van der Waals surface area contributed by atoms with Gasteiger partial charge >= 0.3 is 0 Å². The number of hydrogen-bond acceptors (Lipinski definition) is 4. The molecule has 2 aromatic rings. The molecule has 0 spiro atoms. The molecule has 30 heavy (non-hydrogen) atoms. The van der Waals surface area contributed by atoms with E-state index in [4.69, 9.17) is 0 Å². The molecule has 8 heteroatoms. The molecule has 0 bridgehead atoms. The van der Waals surface area contributed by atoms with Gasteiger partial charge < -0.3 is 5.32 Å². The number of amides is 2. The first-order chi connectivity index (χ1) is 14.0. The van der Waals surface area contributed by atoms with Gasteiger partial charge in [-0.1, -0.05) is 36.4 Å². The van der Waals surface area contributed by atoms with Crippen molar-refractivity contribution in [1.29, 1.82) is 0 Å². The lowest BCUT2D eigenvalue weighted by molar-refractivity contribution is -0.133. The van der Waals surface area contributed by atoms with Crippen molar-refractivity contribution in [2.45, 2.75) is 32.9 Å². The molecular weight excluding hydrogens is 402 g/mol. The van der Waals surface area contributed by atoms with Crippen molar-refractivity contribution in [3.8, 4) is 0 Å². The van der Waals surface area contributed by atoms with Gasteiger partial charge in [-0.25, -0.2) is 8.42 Å². The van der Waals surface area contributed by atoms with Crippen molar-refractivity contribution >= 4 is 27.5 Å². The highest BCUT2D eigenvalue weighted by atomic mass is 32.2. The first-order valence-corrected chi connectivity index (χ1v) is 11.5. The molecule has 0 unspecified atom stereocenters. The summed E-state index contributed by atoms with van der Waals surface area (Å²) in [7, 11) is -3.65. The normalized spacial score (nSPS) is 20.3. The van der Waals surface area contributed by atoms with Crippen LogP contribution >= 0.6 is 0 Å². The average Bonchev–Trinajstić information content (AvgIpc) is 2.65. The van der Waals surface area contributed by atoms with E-state index in [1.807, 2.05) is 62.4 Å². The van der Waals surface area contributed by atoms with Gasteiger partial charge in [0, 0.05) is 18.8 Å². The molecule has 1 aliphatic rings. The Balaban J connectivity index is 2.00. The van der Waals surface area contributed by atoms with Gasteiger partial charge in [-0.05, 0) is 49.6 Å². The Labute approximate surface area is 177 Å². The van der Waals surface area contributed by atoms with Gasteiger partial charge in [-0.3, -0.25) is 14.5 Å². The molecule has 1 aliphatic heterocycles. The van der Waals surface area contributed by atoms with Gasteiger partial charge in [0.25, 0.3) is 0 Å². The highest BCUT2D eigenvalue weighted by Crippen LogP contribution is 2.32. The average molecular weight is 430 g/mol. The van der Waals surface area contributed by atoms with Crippen LogP contribution < -0.4 is 10.2 Å². The number of rotatable bonds is 5. The number of nitrogens with zero attached hydrogens (tertiary/aromatic N) is 2. The number of sulfonamides is 1. The van der Waals surface area contributed by atoms with Crippen LogP contribution in [0.4, 0.5) is 5.69 Å². The first-order valence-electron chi connectivity index (χ1n) is 9.69. The molecular formula is C22H27N3O4S. The molecule has 1 atom stereocenters. The summed E-state index contributed by atoms with van der Waals surface area (Å²) in [4.78, 5) is 27.9. The Morgan fingerprint density at radius 2 is 1.70 bits per heavy atom. The lowest BCUT2D eigenvalue weighted by atomic mass is 9.93. The number of nitrogens with one attached hydrogen (secondary N) is 1. The number of piperazine rings is 1. The van der Waals surface area contributed by atoms with Crippen molar-refractivity contribution in [2.24, 2.45) is 0 Å². The molecule has 0 radical (unpaired) electrons. The van der Waals surface area contributed by atoms with E-state index in [1.54, 1.807) is 6.92 Å². The zero-order valence-corrected chi connectivity index (χ0v) is 18.5. The van der Waals surface area contributed by atoms with E-state index in [-0.39, 0.29) is 19.6 Å². The minimum atomic E-state index is -3.65. The molecule has 1 heterocycles. The van der Waals surface area contributed by atoms with Crippen molar-refractivity contribution in [1.82, 2.24) is 9.62 Å². The third kappa shape index (κ3) is 4.55. The fourth-order valence-corrected chi connectivity index (χ4v) is 4.68. The maximum atomic E-state index is 13.3. The summed E-state index contributed by atoms with van der Waals surface area (Å²) in [6.45, 7) is 5.31.